The molecule has 0 saturated heterocycles. The minimum absolute atomic E-state index is 0.0238. The molecule has 2 rings (SSSR count). The zero-order chi connectivity index (χ0) is 15.1. The summed E-state index contributed by atoms with van der Waals surface area (Å²) in [6.07, 6.45) is 2.07. The van der Waals surface area contributed by atoms with Gasteiger partial charge in [0.05, 0.1) is 18.3 Å². The van der Waals surface area contributed by atoms with Crippen molar-refractivity contribution < 1.29 is 9.90 Å². The first-order valence-electron chi connectivity index (χ1n) is 6.53. The zero-order valence-electron chi connectivity index (χ0n) is 11.7. The number of carbonyl (C=O) groups is 1. The van der Waals surface area contributed by atoms with Crippen LogP contribution in [0.4, 0.5) is 0 Å². The van der Waals surface area contributed by atoms with Gasteiger partial charge < -0.3 is 10.0 Å². The summed E-state index contributed by atoms with van der Waals surface area (Å²) in [6, 6.07) is 7.76. The molecule has 2 aromatic rings. The van der Waals surface area contributed by atoms with Crippen molar-refractivity contribution in [3.63, 3.8) is 0 Å². The van der Waals surface area contributed by atoms with Crippen LogP contribution in [0, 0.1) is 11.8 Å². The SMILES string of the molecule is CN(Cc1ccc(C#CCCO)cc1)C(=O)c1cncs1. The van der Waals surface area contributed by atoms with E-state index in [0.717, 1.165) is 11.1 Å². The fourth-order valence-electron chi connectivity index (χ4n) is 1.77. The summed E-state index contributed by atoms with van der Waals surface area (Å²) < 4.78 is 0. The first kappa shape index (κ1) is 15.2. The maximum Gasteiger partial charge on any atom is 0.265 e. The lowest BCUT2D eigenvalue weighted by atomic mass is 10.1. The molecule has 0 saturated carbocycles. The van der Waals surface area contributed by atoms with E-state index in [9.17, 15) is 4.79 Å². The molecule has 4 nitrogen and oxygen atoms in total. The maximum atomic E-state index is 12.1. The second kappa shape index (κ2) is 7.58. The third-order valence-corrected chi connectivity index (χ3v) is 3.59. The Hall–Kier alpha value is -2.16. The molecule has 1 amide bonds. The molecule has 1 aromatic heterocycles. The van der Waals surface area contributed by atoms with Crippen LogP contribution in [0.2, 0.25) is 0 Å². The number of aliphatic hydroxyl groups is 1. The van der Waals surface area contributed by atoms with Gasteiger partial charge in [0.25, 0.3) is 5.91 Å². The number of thiazole rings is 1. The Morgan fingerprint density at radius 2 is 2.14 bits per heavy atom. The Kier molecular flexibility index (Phi) is 5.50. The monoisotopic (exact) mass is 300 g/mol. The van der Waals surface area contributed by atoms with Gasteiger partial charge >= 0.3 is 0 Å². The van der Waals surface area contributed by atoms with Crippen LogP contribution in [-0.4, -0.2) is 34.6 Å². The molecule has 21 heavy (non-hydrogen) atoms. The van der Waals surface area contributed by atoms with E-state index in [1.54, 1.807) is 23.7 Å². The Labute approximate surface area is 128 Å². The molecule has 5 heteroatoms. The number of aliphatic hydroxyl groups excluding tert-OH is 1. The van der Waals surface area contributed by atoms with Gasteiger partial charge in [-0.05, 0) is 17.7 Å². The molecule has 0 bridgehead atoms. The van der Waals surface area contributed by atoms with Gasteiger partial charge in [0.15, 0.2) is 0 Å². The molecule has 1 aromatic carbocycles. The van der Waals surface area contributed by atoms with Gasteiger partial charge in [-0.15, -0.1) is 11.3 Å². The van der Waals surface area contributed by atoms with Crippen molar-refractivity contribution in [3.8, 4) is 11.8 Å². The Morgan fingerprint density at radius 1 is 1.38 bits per heavy atom. The van der Waals surface area contributed by atoms with Crippen molar-refractivity contribution in [2.45, 2.75) is 13.0 Å². The van der Waals surface area contributed by atoms with E-state index in [4.69, 9.17) is 5.11 Å². The van der Waals surface area contributed by atoms with Gasteiger partial charge in [-0.1, -0.05) is 24.0 Å². The smallest absolute Gasteiger partial charge is 0.265 e. The maximum absolute atomic E-state index is 12.1. The first-order chi connectivity index (χ1) is 10.2. The van der Waals surface area contributed by atoms with Crippen LogP contribution < -0.4 is 0 Å². The Bertz CT molecular complexity index is 639. The minimum Gasteiger partial charge on any atom is -0.395 e. The summed E-state index contributed by atoms with van der Waals surface area (Å²) in [7, 11) is 1.77. The predicted molar refractivity (Wildman–Crippen MR) is 82.9 cm³/mol. The molecule has 0 atom stereocenters. The van der Waals surface area contributed by atoms with Crippen LogP contribution in [0.1, 0.15) is 27.2 Å². The highest BCUT2D eigenvalue weighted by molar-refractivity contribution is 7.11. The number of aromatic nitrogens is 1. The van der Waals surface area contributed by atoms with E-state index in [2.05, 4.69) is 16.8 Å². The molecule has 1 N–H and O–H groups in total. The average Bonchev–Trinajstić information content (AvgIpc) is 3.02. The minimum atomic E-state index is -0.0238. The summed E-state index contributed by atoms with van der Waals surface area (Å²) in [5.74, 6) is 5.83. The van der Waals surface area contributed by atoms with Gasteiger partial charge in [-0.25, -0.2) is 0 Å². The highest BCUT2D eigenvalue weighted by Crippen LogP contribution is 2.12. The van der Waals surface area contributed by atoms with Crippen molar-refractivity contribution in [2.24, 2.45) is 0 Å². The highest BCUT2D eigenvalue weighted by atomic mass is 32.1. The van der Waals surface area contributed by atoms with E-state index >= 15 is 0 Å². The predicted octanol–water partition coefficient (Wildman–Crippen LogP) is 2.15. The van der Waals surface area contributed by atoms with E-state index in [1.807, 2.05) is 24.3 Å². The normalized spacial score (nSPS) is 9.81. The van der Waals surface area contributed by atoms with Crippen LogP contribution in [0.5, 0.6) is 0 Å². The lowest BCUT2D eigenvalue weighted by Crippen LogP contribution is -2.25. The van der Waals surface area contributed by atoms with E-state index in [-0.39, 0.29) is 12.5 Å². The number of amides is 1. The van der Waals surface area contributed by atoms with E-state index in [1.165, 1.54) is 11.3 Å². The largest absolute Gasteiger partial charge is 0.395 e. The number of hydrogen-bond donors (Lipinski definition) is 1. The van der Waals surface area contributed by atoms with Crippen molar-refractivity contribution >= 4 is 17.2 Å². The Morgan fingerprint density at radius 3 is 2.76 bits per heavy atom. The van der Waals surface area contributed by atoms with Crippen LogP contribution in [-0.2, 0) is 6.54 Å². The Balaban J connectivity index is 1.97. The van der Waals surface area contributed by atoms with Gasteiger partial charge in [0.1, 0.15) is 4.88 Å². The lowest BCUT2D eigenvalue weighted by molar-refractivity contribution is 0.0789. The fraction of sp³-hybridized carbons (Fsp3) is 0.250. The molecule has 0 aliphatic carbocycles. The number of rotatable bonds is 4. The molecular weight excluding hydrogens is 284 g/mol. The first-order valence-corrected chi connectivity index (χ1v) is 7.41. The fourth-order valence-corrected chi connectivity index (χ4v) is 2.38. The van der Waals surface area contributed by atoms with Crippen LogP contribution in [0.15, 0.2) is 36.0 Å². The summed E-state index contributed by atoms with van der Waals surface area (Å²) in [5, 5.41) is 8.67. The van der Waals surface area contributed by atoms with E-state index < -0.39 is 0 Å². The lowest BCUT2D eigenvalue weighted by Gasteiger charge is -2.16. The van der Waals surface area contributed by atoms with Crippen LogP contribution >= 0.6 is 11.3 Å². The molecule has 108 valence electrons. The molecule has 0 aliphatic rings. The van der Waals surface area contributed by atoms with Crippen molar-refractivity contribution in [2.75, 3.05) is 13.7 Å². The summed E-state index contributed by atoms with van der Waals surface area (Å²) >= 11 is 1.34. The summed E-state index contributed by atoms with van der Waals surface area (Å²) in [6.45, 7) is 0.622. The third-order valence-electron chi connectivity index (χ3n) is 2.83. The molecule has 0 aliphatic heterocycles. The van der Waals surface area contributed by atoms with Crippen LogP contribution in [0.3, 0.4) is 0 Å². The van der Waals surface area contributed by atoms with Crippen molar-refractivity contribution in [1.29, 1.82) is 0 Å². The van der Waals surface area contributed by atoms with Crippen LogP contribution in [0.25, 0.3) is 0 Å². The summed E-state index contributed by atoms with van der Waals surface area (Å²) in [5.41, 5.74) is 3.60. The number of benzene rings is 1. The molecule has 1 heterocycles. The quantitative estimate of drug-likeness (QED) is 0.880. The molecule has 0 radical (unpaired) electrons. The van der Waals surface area contributed by atoms with Crippen molar-refractivity contribution in [1.82, 2.24) is 9.88 Å². The van der Waals surface area contributed by atoms with E-state index in [0.29, 0.717) is 17.8 Å². The molecule has 0 fully saturated rings. The third kappa shape index (κ3) is 4.42. The van der Waals surface area contributed by atoms with Crippen molar-refractivity contribution in [3.05, 3.63) is 52.0 Å². The van der Waals surface area contributed by atoms with Gasteiger partial charge in [0, 0.05) is 25.6 Å². The molecule has 0 unspecified atom stereocenters. The molecule has 0 spiro atoms. The summed E-state index contributed by atoms with van der Waals surface area (Å²) in [4.78, 5) is 18.3. The molecular formula is C16H16N2O2S. The van der Waals surface area contributed by atoms with Gasteiger partial charge in [-0.3, -0.25) is 9.78 Å². The number of nitrogens with zero attached hydrogens (tertiary/aromatic N) is 2. The topological polar surface area (TPSA) is 53.4 Å². The van der Waals surface area contributed by atoms with Gasteiger partial charge in [0.2, 0.25) is 0 Å². The number of carbonyl (C=O) groups excluding carboxylic acids is 1. The second-order valence-corrected chi connectivity index (χ2v) is 5.39. The zero-order valence-corrected chi connectivity index (χ0v) is 12.6. The second-order valence-electron chi connectivity index (χ2n) is 4.50. The average molecular weight is 300 g/mol. The van der Waals surface area contributed by atoms with Gasteiger partial charge in [-0.2, -0.15) is 0 Å². The number of hydrogen-bond acceptors (Lipinski definition) is 4. The highest BCUT2D eigenvalue weighted by Gasteiger charge is 2.13. The standard InChI is InChI=1S/C16H16N2O2S/c1-18(16(20)15-10-17-12-21-15)11-14-7-5-13(6-8-14)4-2-3-9-19/h5-8,10,12,19H,3,9,11H2,1H3.